The molecule has 0 aliphatic rings. The maximum atomic E-state index is 11.7. The first-order valence-electron chi connectivity index (χ1n) is 4.92. The second-order valence-corrected chi connectivity index (χ2v) is 4.71. The Labute approximate surface area is 98.2 Å². The van der Waals surface area contributed by atoms with Crippen molar-refractivity contribution in [2.45, 2.75) is 0 Å². The highest BCUT2D eigenvalue weighted by Crippen LogP contribution is 2.37. The molecule has 16 heavy (non-hydrogen) atoms. The van der Waals surface area contributed by atoms with Crippen LogP contribution in [0.1, 0.15) is 9.67 Å². The summed E-state index contributed by atoms with van der Waals surface area (Å²) >= 11 is 1.47. The second-order valence-electron chi connectivity index (χ2n) is 3.66. The quantitative estimate of drug-likeness (QED) is 0.750. The first-order chi connectivity index (χ1) is 7.65. The van der Waals surface area contributed by atoms with E-state index in [0.717, 1.165) is 15.8 Å². The Bertz CT molecular complexity index is 531. The molecule has 0 unspecified atom stereocenters. The van der Waals surface area contributed by atoms with Gasteiger partial charge in [-0.25, -0.2) is 4.79 Å². The minimum atomic E-state index is -0.273. The number of hydrogen-bond acceptors (Lipinski definition) is 4. The van der Waals surface area contributed by atoms with Gasteiger partial charge in [0.1, 0.15) is 4.88 Å². The minimum absolute atomic E-state index is 0.273. The number of rotatable bonds is 2. The van der Waals surface area contributed by atoms with E-state index in [1.54, 1.807) is 0 Å². The van der Waals surface area contributed by atoms with Gasteiger partial charge in [0.15, 0.2) is 0 Å². The van der Waals surface area contributed by atoms with Gasteiger partial charge in [-0.15, -0.1) is 11.3 Å². The number of fused-ring (bicyclic) bond motifs is 1. The van der Waals surface area contributed by atoms with Gasteiger partial charge in [-0.05, 0) is 6.07 Å². The number of carbonyl (C=O) groups is 1. The summed E-state index contributed by atoms with van der Waals surface area (Å²) in [5.74, 6) is -0.273. The maximum absolute atomic E-state index is 11.7. The number of methoxy groups -OCH3 is 1. The van der Waals surface area contributed by atoms with Crippen LogP contribution in [-0.2, 0) is 4.74 Å². The highest BCUT2D eigenvalue weighted by molar-refractivity contribution is 7.21. The van der Waals surface area contributed by atoms with Crippen LogP contribution in [0.2, 0.25) is 0 Å². The molecule has 2 aromatic rings. The van der Waals surface area contributed by atoms with Crippen LogP contribution < -0.4 is 4.90 Å². The molecule has 4 heteroatoms. The lowest BCUT2D eigenvalue weighted by molar-refractivity contribution is 0.0607. The molecule has 0 aliphatic carbocycles. The SMILES string of the molecule is COC(=O)c1sc2ccccc2c1N(C)C. The van der Waals surface area contributed by atoms with E-state index in [4.69, 9.17) is 4.74 Å². The van der Waals surface area contributed by atoms with Gasteiger partial charge in [0.2, 0.25) is 0 Å². The third-order valence-corrected chi connectivity index (χ3v) is 3.53. The summed E-state index contributed by atoms with van der Waals surface area (Å²) in [5.41, 5.74) is 0.937. The van der Waals surface area contributed by atoms with E-state index >= 15 is 0 Å². The van der Waals surface area contributed by atoms with Crippen molar-refractivity contribution in [3.8, 4) is 0 Å². The van der Waals surface area contributed by atoms with Crippen LogP contribution in [0, 0.1) is 0 Å². The first kappa shape index (κ1) is 11.0. The number of thiophene rings is 1. The van der Waals surface area contributed by atoms with E-state index in [9.17, 15) is 4.79 Å². The van der Waals surface area contributed by atoms with Crippen molar-refractivity contribution < 1.29 is 9.53 Å². The fourth-order valence-electron chi connectivity index (χ4n) is 1.71. The summed E-state index contributed by atoms with van der Waals surface area (Å²) in [6.45, 7) is 0. The molecule has 0 saturated heterocycles. The smallest absolute Gasteiger partial charge is 0.350 e. The van der Waals surface area contributed by atoms with Crippen molar-refractivity contribution in [2.75, 3.05) is 26.1 Å². The number of ether oxygens (including phenoxy) is 1. The largest absolute Gasteiger partial charge is 0.465 e. The number of nitrogens with zero attached hydrogens (tertiary/aromatic N) is 1. The lowest BCUT2D eigenvalue weighted by atomic mass is 10.2. The molecule has 0 radical (unpaired) electrons. The molecule has 84 valence electrons. The summed E-state index contributed by atoms with van der Waals surface area (Å²) in [7, 11) is 5.27. The van der Waals surface area contributed by atoms with Crippen molar-refractivity contribution in [3.05, 3.63) is 29.1 Å². The number of esters is 1. The molecule has 0 spiro atoms. The second kappa shape index (κ2) is 4.14. The van der Waals surface area contributed by atoms with Crippen LogP contribution >= 0.6 is 11.3 Å². The molecular formula is C12H13NO2S. The molecule has 0 saturated carbocycles. The zero-order valence-corrected chi connectivity index (χ0v) is 10.3. The van der Waals surface area contributed by atoms with Crippen LogP contribution in [0.4, 0.5) is 5.69 Å². The van der Waals surface area contributed by atoms with E-state index in [1.165, 1.54) is 18.4 Å². The predicted octanol–water partition coefficient (Wildman–Crippen LogP) is 2.75. The normalized spacial score (nSPS) is 10.4. The van der Waals surface area contributed by atoms with Gasteiger partial charge < -0.3 is 9.64 Å². The molecule has 1 heterocycles. The Balaban J connectivity index is 2.73. The van der Waals surface area contributed by atoms with Crippen molar-refractivity contribution in [3.63, 3.8) is 0 Å². The maximum Gasteiger partial charge on any atom is 0.350 e. The van der Waals surface area contributed by atoms with E-state index in [-0.39, 0.29) is 5.97 Å². The minimum Gasteiger partial charge on any atom is -0.465 e. The lowest BCUT2D eigenvalue weighted by Gasteiger charge is -2.13. The monoisotopic (exact) mass is 235 g/mol. The van der Waals surface area contributed by atoms with E-state index in [1.807, 2.05) is 43.3 Å². The van der Waals surface area contributed by atoms with Gasteiger partial charge in [-0.3, -0.25) is 0 Å². The number of carbonyl (C=O) groups excluding carboxylic acids is 1. The first-order valence-corrected chi connectivity index (χ1v) is 5.74. The summed E-state index contributed by atoms with van der Waals surface area (Å²) in [4.78, 5) is 14.3. The standard InChI is InChI=1S/C12H13NO2S/c1-13(2)10-8-6-4-5-7-9(8)16-11(10)12(14)15-3/h4-7H,1-3H3. The average molecular weight is 235 g/mol. The third kappa shape index (κ3) is 1.65. The molecule has 0 bridgehead atoms. The predicted molar refractivity (Wildman–Crippen MR) is 67.5 cm³/mol. The Morgan fingerprint density at radius 1 is 1.31 bits per heavy atom. The summed E-state index contributed by atoms with van der Waals surface area (Å²) in [6.07, 6.45) is 0. The summed E-state index contributed by atoms with van der Waals surface area (Å²) in [5, 5.41) is 1.10. The zero-order valence-electron chi connectivity index (χ0n) is 9.48. The van der Waals surface area contributed by atoms with Gasteiger partial charge in [0, 0.05) is 24.2 Å². The fourth-order valence-corrected chi connectivity index (χ4v) is 2.90. The van der Waals surface area contributed by atoms with Crippen LogP contribution in [-0.4, -0.2) is 27.2 Å². The average Bonchev–Trinajstić information content (AvgIpc) is 2.67. The fraction of sp³-hybridized carbons (Fsp3) is 0.250. The van der Waals surface area contributed by atoms with Crippen molar-refractivity contribution >= 4 is 33.1 Å². The molecule has 0 atom stereocenters. The Hall–Kier alpha value is -1.55. The van der Waals surface area contributed by atoms with Gasteiger partial charge >= 0.3 is 5.97 Å². The molecule has 1 aromatic carbocycles. The third-order valence-electron chi connectivity index (χ3n) is 2.39. The highest BCUT2D eigenvalue weighted by atomic mass is 32.1. The van der Waals surface area contributed by atoms with Crippen LogP contribution in [0.5, 0.6) is 0 Å². The van der Waals surface area contributed by atoms with E-state index in [2.05, 4.69) is 0 Å². The molecule has 2 rings (SSSR count). The van der Waals surface area contributed by atoms with Gasteiger partial charge in [-0.2, -0.15) is 0 Å². The van der Waals surface area contributed by atoms with Gasteiger partial charge in [-0.1, -0.05) is 18.2 Å². The Kier molecular flexibility index (Phi) is 2.83. The number of hydrogen-bond donors (Lipinski definition) is 0. The summed E-state index contributed by atoms with van der Waals surface area (Å²) in [6, 6.07) is 7.98. The molecule has 3 nitrogen and oxygen atoms in total. The van der Waals surface area contributed by atoms with Crippen molar-refractivity contribution in [1.82, 2.24) is 0 Å². The highest BCUT2D eigenvalue weighted by Gasteiger charge is 2.19. The van der Waals surface area contributed by atoms with Crippen molar-refractivity contribution in [1.29, 1.82) is 0 Å². The van der Waals surface area contributed by atoms with Crippen LogP contribution in [0.25, 0.3) is 10.1 Å². The van der Waals surface area contributed by atoms with Gasteiger partial charge in [0.05, 0.1) is 12.8 Å². The molecule has 0 amide bonds. The molecule has 0 aliphatic heterocycles. The van der Waals surface area contributed by atoms with Gasteiger partial charge in [0.25, 0.3) is 0 Å². The summed E-state index contributed by atoms with van der Waals surface area (Å²) < 4.78 is 5.90. The molecule has 0 fully saturated rings. The molecular weight excluding hydrogens is 222 g/mol. The Morgan fingerprint density at radius 2 is 2.00 bits per heavy atom. The number of anilines is 1. The van der Waals surface area contributed by atoms with Crippen molar-refractivity contribution in [2.24, 2.45) is 0 Å². The number of benzene rings is 1. The zero-order chi connectivity index (χ0) is 11.7. The molecule has 1 aromatic heterocycles. The van der Waals surface area contributed by atoms with E-state index in [0.29, 0.717) is 4.88 Å². The van der Waals surface area contributed by atoms with E-state index < -0.39 is 0 Å². The lowest BCUT2D eigenvalue weighted by Crippen LogP contribution is -2.12. The molecule has 0 N–H and O–H groups in total. The topological polar surface area (TPSA) is 29.5 Å². The van der Waals surface area contributed by atoms with Crippen LogP contribution in [0.3, 0.4) is 0 Å². The Morgan fingerprint density at radius 3 is 2.62 bits per heavy atom. The van der Waals surface area contributed by atoms with Crippen LogP contribution in [0.15, 0.2) is 24.3 Å².